The zero-order valence-corrected chi connectivity index (χ0v) is 32.5. The molecule has 3 unspecified atom stereocenters. The van der Waals surface area contributed by atoms with Gasteiger partial charge in [-0.05, 0) is 128 Å². The van der Waals surface area contributed by atoms with Crippen molar-refractivity contribution >= 4 is 51.5 Å². The average molecular weight is 688 g/mol. The van der Waals surface area contributed by atoms with Crippen molar-refractivity contribution in [3.63, 3.8) is 0 Å². The third-order valence-electron chi connectivity index (χ3n) is 12.6. The van der Waals surface area contributed by atoms with Crippen molar-refractivity contribution in [2.24, 2.45) is 11.8 Å². The van der Waals surface area contributed by atoms with Crippen molar-refractivity contribution in [3.05, 3.63) is 120 Å². The molecule has 3 atom stereocenters. The molecule has 0 saturated heterocycles. The Morgan fingerprint density at radius 1 is 0.577 bits per heavy atom. The first-order valence-electron chi connectivity index (χ1n) is 22.0. The molecule has 2 bridgehead atoms. The number of rotatable bonds is 3. The van der Waals surface area contributed by atoms with Crippen LogP contribution in [0.3, 0.4) is 0 Å². The van der Waals surface area contributed by atoms with Crippen LogP contribution in [-0.2, 0) is 16.2 Å². The van der Waals surface area contributed by atoms with Gasteiger partial charge in [0.15, 0.2) is 0 Å². The monoisotopic (exact) mass is 687 g/mol. The minimum absolute atomic E-state index is 0.0131. The molecule has 2 aliphatic carbocycles. The van der Waals surface area contributed by atoms with Crippen LogP contribution in [0.15, 0.2) is 103 Å². The van der Waals surface area contributed by atoms with Crippen LogP contribution >= 0.6 is 0 Å². The van der Waals surface area contributed by atoms with E-state index >= 15 is 0 Å². The van der Waals surface area contributed by atoms with Crippen LogP contribution in [0.4, 0.5) is 28.4 Å². The van der Waals surface area contributed by atoms with Crippen molar-refractivity contribution in [2.75, 3.05) is 9.80 Å². The molecule has 2 nitrogen and oxygen atoms in total. The number of benzene rings is 5. The molecule has 3 heteroatoms. The van der Waals surface area contributed by atoms with Crippen molar-refractivity contribution < 1.29 is 6.85 Å². The minimum Gasteiger partial charge on any atom is -0.339 e. The van der Waals surface area contributed by atoms with Gasteiger partial charge in [-0.1, -0.05) is 135 Å². The standard InChI is InChI=1S/C49H55BN2/c1-47(2,3)35-17-21-38(22-18-35)51-41-23-19-36(48(4,5)6)29-39(41)50-40-30-37(49(7,8)9)20-24-42(40)52(43-26-31-15-16-33(43)25-31)45-28-34(27-44(51)46(45)50)32-13-11-10-12-14-32/h10-14,17-24,27-31,33,43H,15-16,25-26H2,1-9H3/i10D,11D,12D,13D,14D. The number of anilines is 5. The first-order chi connectivity index (χ1) is 26.7. The largest absolute Gasteiger partial charge is 0.339 e. The summed E-state index contributed by atoms with van der Waals surface area (Å²) >= 11 is 0. The van der Waals surface area contributed by atoms with Gasteiger partial charge in [0.1, 0.15) is 0 Å². The van der Waals surface area contributed by atoms with Crippen LogP contribution in [0.5, 0.6) is 0 Å². The van der Waals surface area contributed by atoms with Crippen molar-refractivity contribution in [1.82, 2.24) is 0 Å². The van der Waals surface area contributed by atoms with E-state index in [-0.39, 0.29) is 58.7 Å². The van der Waals surface area contributed by atoms with Gasteiger partial charge < -0.3 is 9.80 Å². The fourth-order valence-corrected chi connectivity index (χ4v) is 9.78. The molecule has 9 rings (SSSR count). The lowest BCUT2D eigenvalue weighted by Gasteiger charge is -2.48. The number of hydrogen-bond donors (Lipinski definition) is 0. The Morgan fingerprint density at radius 3 is 1.73 bits per heavy atom. The lowest BCUT2D eigenvalue weighted by Crippen LogP contribution is -2.63. The van der Waals surface area contributed by atoms with Gasteiger partial charge in [-0.25, -0.2) is 0 Å². The van der Waals surface area contributed by atoms with Crippen LogP contribution < -0.4 is 26.2 Å². The highest BCUT2D eigenvalue weighted by molar-refractivity contribution is 7.00. The minimum atomic E-state index is -0.371. The van der Waals surface area contributed by atoms with Gasteiger partial charge in [-0.15, -0.1) is 0 Å². The molecule has 52 heavy (non-hydrogen) atoms. The SMILES string of the molecule is [2H]c1c([2H])c([2H])c(-c2cc3c4c(c2)N(C2CC5CCC2C5)c2ccc(C(C)(C)C)cc2B4c2cc(C(C)(C)C)ccc2N3c2ccc(C(C)(C)C)cc2)c([2H])c1[2H]. The van der Waals surface area contributed by atoms with Crippen LogP contribution in [0.2, 0.25) is 0 Å². The van der Waals surface area contributed by atoms with Crippen molar-refractivity contribution in [2.45, 2.75) is 110 Å². The van der Waals surface area contributed by atoms with Crippen molar-refractivity contribution in [3.8, 4) is 11.1 Å². The van der Waals surface area contributed by atoms with E-state index in [9.17, 15) is 2.74 Å². The summed E-state index contributed by atoms with van der Waals surface area (Å²) in [5, 5.41) is 0. The van der Waals surface area contributed by atoms with Gasteiger partial charge in [-0.2, -0.15) is 0 Å². The molecule has 0 spiro atoms. The molecule has 2 heterocycles. The number of nitrogens with zero attached hydrogens (tertiary/aromatic N) is 2. The van der Waals surface area contributed by atoms with Crippen LogP contribution in [-0.4, -0.2) is 12.8 Å². The van der Waals surface area contributed by atoms with Gasteiger partial charge in [0.05, 0.1) is 6.85 Å². The lowest BCUT2D eigenvalue weighted by molar-refractivity contribution is 0.413. The highest BCUT2D eigenvalue weighted by atomic mass is 15.2. The zero-order valence-electron chi connectivity index (χ0n) is 37.5. The molecule has 5 aromatic carbocycles. The van der Waals surface area contributed by atoms with Crippen LogP contribution in [0.1, 0.15) is 112 Å². The summed E-state index contributed by atoms with van der Waals surface area (Å²) in [5.74, 6) is 1.29. The van der Waals surface area contributed by atoms with E-state index in [0.717, 1.165) is 29.2 Å². The van der Waals surface area contributed by atoms with Crippen molar-refractivity contribution in [1.29, 1.82) is 0 Å². The number of fused-ring (bicyclic) bond motifs is 6. The van der Waals surface area contributed by atoms with E-state index in [1.54, 1.807) is 0 Å². The van der Waals surface area contributed by atoms with E-state index in [2.05, 4.69) is 145 Å². The number of hydrogen-bond acceptors (Lipinski definition) is 2. The lowest BCUT2D eigenvalue weighted by atomic mass is 9.33. The quantitative estimate of drug-likeness (QED) is 0.171. The predicted octanol–water partition coefficient (Wildman–Crippen LogP) is 11.2. The van der Waals surface area contributed by atoms with Gasteiger partial charge >= 0.3 is 0 Å². The van der Waals surface area contributed by atoms with Gasteiger partial charge in [0.25, 0.3) is 6.71 Å². The molecule has 0 amide bonds. The Bertz CT molecular complexity index is 2440. The van der Waals surface area contributed by atoms with E-state index < -0.39 is 0 Å². The van der Waals surface area contributed by atoms with Gasteiger partial charge in [0, 0.05) is 34.5 Å². The van der Waals surface area contributed by atoms with Gasteiger partial charge in [0.2, 0.25) is 0 Å². The first kappa shape index (κ1) is 28.3. The maximum atomic E-state index is 9.17. The summed E-state index contributed by atoms with van der Waals surface area (Å²) in [5.41, 5.74) is 13.9. The summed E-state index contributed by atoms with van der Waals surface area (Å²) in [7, 11) is 0. The summed E-state index contributed by atoms with van der Waals surface area (Å²) in [4.78, 5) is 5.03. The fourth-order valence-electron chi connectivity index (χ4n) is 9.78. The van der Waals surface area contributed by atoms with E-state index in [0.29, 0.717) is 23.4 Å². The van der Waals surface area contributed by atoms with Crippen LogP contribution in [0.25, 0.3) is 11.1 Å². The molecule has 2 fully saturated rings. The van der Waals surface area contributed by atoms with E-state index in [4.69, 9.17) is 4.11 Å². The smallest absolute Gasteiger partial charge is 0.252 e. The topological polar surface area (TPSA) is 6.48 Å². The molecule has 2 saturated carbocycles. The Hall–Kier alpha value is -4.24. The summed E-state index contributed by atoms with van der Waals surface area (Å²) < 4.78 is 44.2. The summed E-state index contributed by atoms with van der Waals surface area (Å²) in [6.45, 7) is 20.4. The second-order valence-corrected chi connectivity index (χ2v) is 19.2. The Labute approximate surface area is 320 Å². The highest BCUT2D eigenvalue weighted by Crippen LogP contribution is 2.52. The first-order valence-corrected chi connectivity index (χ1v) is 19.5. The molecule has 5 aromatic rings. The maximum absolute atomic E-state index is 9.17. The zero-order chi connectivity index (χ0) is 40.7. The second-order valence-electron chi connectivity index (χ2n) is 19.2. The third-order valence-corrected chi connectivity index (χ3v) is 12.6. The molecular formula is C49H55BN2. The third kappa shape index (κ3) is 5.36. The average Bonchev–Trinajstić information content (AvgIpc) is 3.79. The van der Waals surface area contributed by atoms with E-state index in [1.807, 2.05) is 0 Å². The summed E-state index contributed by atoms with van der Waals surface area (Å²) in [6, 6.07) is 26.4. The fraction of sp³-hybridized carbons (Fsp3) is 0.388. The molecule has 264 valence electrons. The molecule has 0 N–H and O–H groups in total. The Morgan fingerprint density at radius 2 is 1.15 bits per heavy atom. The molecule has 4 aliphatic rings. The highest BCUT2D eigenvalue weighted by Gasteiger charge is 2.49. The molecule has 0 aromatic heterocycles. The van der Waals surface area contributed by atoms with Crippen LogP contribution in [0, 0.1) is 11.8 Å². The normalized spacial score (nSPS) is 21.9. The molecule has 0 radical (unpaired) electrons. The summed E-state index contributed by atoms with van der Waals surface area (Å²) in [6.07, 6.45) is 4.89. The maximum Gasteiger partial charge on any atom is 0.252 e. The van der Waals surface area contributed by atoms with Gasteiger partial charge in [-0.3, -0.25) is 0 Å². The Balaban J connectivity index is 1.42. The Kier molecular flexibility index (Phi) is 6.33. The van der Waals surface area contributed by atoms with E-state index in [1.165, 1.54) is 58.0 Å². The molecule has 2 aliphatic heterocycles. The molecular weight excluding hydrogens is 627 g/mol. The second kappa shape index (κ2) is 11.6. The predicted molar refractivity (Wildman–Crippen MR) is 225 cm³/mol.